The molecule has 2 fully saturated rings. The Morgan fingerprint density at radius 2 is 2.22 bits per heavy atom. The molecule has 23 heavy (non-hydrogen) atoms. The molecule has 2 saturated carbocycles. The van der Waals surface area contributed by atoms with Crippen LogP contribution in [-0.2, 0) is 14.4 Å². The van der Waals surface area contributed by atoms with Crippen LogP contribution in [0.2, 0.25) is 0 Å². The van der Waals surface area contributed by atoms with Crippen molar-refractivity contribution in [1.82, 2.24) is 20.5 Å². The van der Waals surface area contributed by atoms with Gasteiger partial charge < -0.3 is 21.3 Å². The molecular weight excluding hydrogens is 326 g/mol. The van der Waals surface area contributed by atoms with E-state index in [0.717, 1.165) is 0 Å². The number of carboxylic acid groups (broad SMARTS) is 2. The molecule has 0 unspecified atom stereocenters. The maximum absolute atomic E-state index is 11.8. The van der Waals surface area contributed by atoms with Crippen molar-refractivity contribution in [1.29, 1.82) is 0 Å². The number of hydrogen-bond donors (Lipinski definition) is 5. The van der Waals surface area contributed by atoms with Crippen LogP contribution in [0.15, 0.2) is 11.5 Å². The van der Waals surface area contributed by atoms with Crippen LogP contribution in [-0.4, -0.2) is 60.6 Å². The number of rotatable bonds is 6. The zero-order valence-electron chi connectivity index (χ0n) is 11.8. The normalized spacial score (nSPS) is 34.7. The van der Waals surface area contributed by atoms with Crippen LogP contribution in [0, 0.1) is 17.8 Å². The van der Waals surface area contributed by atoms with E-state index < -0.39 is 35.2 Å². The fourth-order valence-electron chi connectivity index (χ4n) is 3.57. The van der Waals surface area contributed by atoms with Gasteiger partial charge in [0.25, 0.3) is 0 Å². The van der Waals surface area contributed by atoms with Gasteiger partial charge in [0, 0.05) is 11.2 Å². The average molecular weight is 341 g/mol. The summed E-state index contributed by atoms with van der Waals surface area (Å²) in [6, 6.07) is 0. The molecule has 2 aliphatic rings. The molecule has 1 aromatic rings. The summed E-state index contributed by atoms with van der Waals surface area (Å²) in [5.74, 6) is -4.73. The Kier molecular flexibility index (Phi) is 3.76. The van der Waals surface area contributed by atoms with Gasteiger partial charge in [-0.2, -0.15) is 5.10 Å². The largest absolute Gasteiger partial charge is 0.481 e. The Morgan fingerprint density at radius 1 is 1.48 bits per heavy atom. The summed E-state index contributed by atoms with van der Waals surface area (Å²) in [5, 5.41) is 28.0. The monoisotopic (exact) mass is 341 g/mol. The van der Waals surface area contributed by atoms with Crippen molar-refractivity contribution in [3.8, 4) is 0 Å². The second kappa shape index (κ2) is 5.49. The number of H-pyrrole nitrogens is 1. The summed E-state index contributed by atoms with van der Waals surface area (Å²) in [6.07, 6.45) is 1.43. The SMILES string of the molecule is NCC(=O)N[C@@]1(C(=O)O)C[C@H](Sc2ncn[nH]2)[C@H]2[C@H](C(=O)O)[C@H]21. The van der Waals surface area contributed by atoms with Gasteiger partial charge in [-0.1, -0.05) is 11.8 Å². The number of aliphatic carboxylic acids is 2. The highest BCUT2D eigenvalue weighted by Gasteiger charge is 2.75. The van der Waals surface area contributed by atoms with Gasteiger partial charge in [0.15, 0.2) is 5.16 Å². The molecule has 0 aromatic carbocycles. The first-order valence-corrected chi connectivity index (χ1v) is 7.78. The molecule has 0 aliphatic heterocycles. The lowest BCUT2D eigenvalue weighted by Gasteiger charge is -2.29. The lowest BCUT2D eigenvalue weighted by atomic mass is 9.90. The van der Waals surface area contributed by atoms with E-state index in [9.17, 15) is 24.6 Å². The highest BCUT2D eigenvalue weighted by molar-refractivity contribution is 7.99. The Balaban J connectivity index is 1.89. The summed E-state index contributed by atoms with van der Waals surface area (Å²) in [6.45, 7) is -0.357. The number of carbonyl (C=O) groups is 3. The van der Waals surface area contributed by atoms with E-state index in [1.165, 1.54) is 18.1 Å². The van der Waals surface area contributed by atoms with Gasteiger partial charge in [0.2, 0.25) is 5.91 Å². The quantitative estimate of drug-likeness (QED) is 0.413. The number of aromatic amines is 1. The van der Waals surface area contributed by atoms with E-state index in [0.29, 0.717) is 5.16 Å². The van der Waals surface area contributed by atoms with Crippen LogP contribution in [0.3, 0.4) is 0 Å². The third-order valence-electron chi connectivity index (χ3n) is 4.47. The predicted molar refractivity (Wildman–Crippen MR) is 76.3 cm³/mol. The van der Waals surface area contributed by atoms with Crippen LogP contribution < -0.4 is 11.1 Å². The van der Waals surface area contributed by atoms with E-state index in [4.69, 9.17) is 5.73 Å². The van der Waals surface area contributed by atoms with Crippen molar-refractivity contribution in [2.75, 3.05) is 6.54 Å². The van der Waals surface area contributed by atoms with Crippen molar-refractivity contribution in [3.05, 3.63) is 6.33 Å². The second-order valence-electron chi connectivity index (χ2n) is 5.65. The number of nitrogens with zero attached hydrogens (tertiary/aromatic N) is 2. The molecule has 0 radical (unpaired) electrons. The van der Waals surface area contributed by atoms with Crippen LogP contribution in [0.5, 0.6) is 0 Å². The van der Waals surface area contributed by atoms with E-state index >= 15 is 0 Å². The number of aromatic nitrogens is 3. The predicted octanol–water partition coefficient (Wildman–Crippen LogP) is -1.49. The maximum Gasteiger partial charge on any atom is 0.329 e. The second-order valence-corrected chi connectivity index (χ2v) is 6.87. The van der Waals surface area contributed by atoms with Gasteiger partial charge in [0.1, 0.15) is 11.9 Å². The number of carboxylic acids is 2. The number of nitrogens with one attached hydrogen (secondary N) is 2. The van der Waals surface area contributed by atoms with Gasteiger partial charge in [0.05, 0.1) is 12.5 Å². The van der Waals surface area contributed by atoms with Gasteiger partial charge in [-0.3, -0.25) is 14.7 Å². The molecule has 0 saturated heterocycles. The van der Waals surface area contributed by atoms with Gasteiger partial charge >= 0.3 is 11.9 Å². The molecule has 1 heterocycles. The van der Waals surface area contributed by atoms with Gasteiger partial charge in [-0.15, -0.1) is 0 Å². The van der Waals surface area contributed by atoms with Crippen molar-refractivity contribution < 1.29 is 24.6 Å². The fourth-order valence-corrected chi connectivity index (χ4v) is 4.91. The zero-order valence-corrected chi connectivity index (χ0v) is 12.6. The topological polar surface area (TPSA) is 171 Å². The number of carbonyl (C=O) groups excluding carboxylic acids is 1. The fraction of sp³-hybridized carbons (Fsp3) is 0.583. The summed E-state index contributed by atoms with van der Waals surface area (Å²) in [7, 11) is 0. The van der Waals surface area contributed by atoms with E-state index in [-0.39, 0.29) is 24.1 Å². The number of thioether (sulfide) groups is 1. The molecule has 6 N–H and O–H groups in total. The van der Waals surface area contributed by atoms with Crippen molar-refractivity contribution in [2.24, 2.45) is 23.5 Å². The smallest absolute Gasteiger partial charge is 0.329 e. The number of nitrogens with two attached hydrogens (primary N) is 1. The number of hydrogen-bond acceptors (Lipinski definition) is 7. The average Bonchev–Trinajstić information content (AvgIpc) is 2.91. The highest BCUT2D eigenvalue weighted by atomic mass is 32.2. The van der Waals surface area contributed by atoms with Crippen LogP contribution in [0.25, 0.3) is 0 Å². The van der Waals surface area contributed by atoms with E-state index in [1.807, 2.05) is 0 Å². The summed E-state index contributed by atoms with van der Waals surface area (Å²) in [4.78, 5) is 38.9. The van der Waals surface area contributed by atoms with E-state index in [2.05, 4.69) is 20.5 Å². The first kappa shape index (κ1) is 15.7. The first-order chi connectivity index (χ1) is 10.9. The summed E-state index contributed by atoms with van der Waals surface area (Å²) in [5.41, 5.74) is 3.65. The third-order valence-corrected chi connectivity index (χ3v) is 5.67. The molecule has 2 aliphatic carbocycles. The molecule has 3 rings (SSSR count). The molecule has 124 valence electrons. The molecule has 10 nitrogen and oxygen atoms in total. The van der Waals surface area contributed by atoms with E-state index in [1.54, 1.807) is 0 Å². The maximum atomic E-state index is 11.8. The standard InChI is InChI=1S/C12H15N5O5S/c13-2-5(18)16-12(10(21)22)1-4(23-11-14-3-15-17-11)6-7(8(6)12)9(19)20/h3-4,6-8H,1-2,13H2,(H,16,18)(H,19,20)(H,21,22)(H,14,15,17)/t4-,6-,7-,8-,12-/m0/s1. The molecule has 5 atom stereocenters. The minimum atomic E-state index is -1.61. The Bertz CT molecular complexity index is 652. The molecule has 11 heteroatoms. The highest BCUT2D eigenvalue weighted by Crippen LogP contribution is 2.65. The van der Waals surface area contributed by atoms with Crippen molar-refractivity contribution in [3.63, 3.8) is 0 Å². The Labute approximate surface area is 134 Å². The molecule has 1 aromatic heterocycles. The lowest BCUT2D eigenvalue weighted by molar-refractivity contribution is -0.149. The molecule has 0 bridgehead atoms. The Hall–Kier alpha value is -2.14. The zero-order chi connectivity index (χ0) is 16.8. The van der Waals surface area contributed by atoms with Crippen molar-refractivity contribution in [2.45, 2.75) is 22.4 Å². The lowest BCUT2D eigenvalue weighted by Crippen LogP contribution is -2.57. The minimum Gasteiger partial charge on any atom is -0.481 e. The third kappa shape index (κ3) is 2.45. The van der Waals surface area contributed by atoms with Crippen LogP contribution >= 0.6 is 11.8 Å². The minimum absolute atomic E-state index is 0.110. The van der Waals surface area contributed by atoms with Gasteiger partial charge in [-0.05, 0) is 12.3 Å². The van der Waals surface area contributed by atoms with Gasteiger partial charge in [-0.25, -0.2) is 9.78 Å². The summed E-state index contributed by atoms with van der Waals surface area (Å²) >= 11 is 1.24. The Morgan fingerprint density at radius 3 is 2.74 bits per heavy atom. The number of fused-ring (bicyclic) bond motifs is 1. The van der Waals surface area contributed by atoms with Crippen LogP contribution in [0.4, 0.5) is 0 Å². The summed E-state index contributed by atoms with van der Waals surface area (Å²) < 4.78 is 0. The molecule has 0 spiro atoms. The number of amides is 1. The van der Waals surface area contributed by atoms with Crippen molar-refractivity contribution >= 4 is 29.6 Å². The molecule has 1 amide bonds. The molecular formula is C12H15N5O5S. The van der Waals surface area contributed by atoms with Crippen LogP contribution in [0.1, 0.15) is 6.42 Å². The first-order valence-electron chi connectivity index (χ1n) is 6.90.